The summed E-state index contributed by atoms with van der Waals surface area (Å²) in [6, 6.07) is 9.22. The van der Waals surface area contributed by atoms with Crippen LogP contribution in [0.3, 0.4) is 0 Å². The SMILES string of the molecule is CCN1C(=O)N(Cc2nc3nc(Cl)ccc3[nH]2)CC1Cc1ccc(OC)cc1Cl. The number of benzene rings is 1. The number of methoxy groups -OCH3 is 1. The number of fused-ring (bicyclic) bond motifs is 1. The Bertz CT molecular complexity index is 1050. The van der Waals surface area contributed by atoms with Crippen LogP contribution in [0.15, 0.2) is 30.3 Å². The zero-order chi connectivity index (χ0) is 20.5. The topological polar surface area (TPSA) is 74.4 Å². The van der Waals surface area contributed by atoms with Crippen molar-refractivity contribution in [2.45, 2.75) is 25.9 Å². The standard InChI is InChI=1S/C20H21Cl2N5O2/c1-3-27-13(8-12-4-5-14(29-2)9-15(12)21)10-26(20(27)28)11-18-23-16-6-7-17(22)24-19(16)25-18/h4-7,9,13H,3,8,10-11H2,1-2H3,(H,23,24,25). The van der Waals surface area contributed by atoms with E-state index in [-0.39, 0.29) is 12.1 Å². The van der Waals surface area contributed by atoms with Crippen molar-refractivity contribution in [2.75, 3.05) is 20.2 Å². The van der Waals surface area contributed by atoms with Gasteiger partial charge in [0.05, 0.1) is 25.2 Å². The highest BCUT2D eigenvalue weighted by Crippen LogP contribution is 2.27. The molecule has 1 fully saturated rings. The average molecular weight is 434 g/mol. The zero-order valence-corrected chi connectivity index (χ0v) is 17.7. The van der Waals surface area contributed by atoms with Crippen LogP contribution in [0.2, 0.25) is 10.2 Å². The molecule has 2 amide bonds. The second-order valence-electron chi connectivity index (χ2n) is 6.95. The molecule has 2 aromatic heterocycles. The minimum absolute atomic E-state index is 0.00594. The van der Waals surface area contributed by atoms with Gasteiger partial charge in [0.1, 0.15) is 16.7 Å². The number of likely N-dealkylation sites (N-methyl/N-ethyl adjacent to an activating group) is 1. The highest BCUT2D eigenvalue weighted by atomic mass is 35.5. The highest BCUT2D eigenvalue weighted by molar-refractivity contribution is 6.31. The molecule has 152 valence electrons. The molecule has 1 unspecified atom stereocenters. The number of aromatic amines is 1. The van der Waals surface area contributed by atoms with Crippen molar-refractivity contribution in [1.82, 2.24) is 24.8 Å². The molecule has 3 heterocycles. The molecule has 1 N–H and O–H groups in total. The molecule has 1 atom stereocenters. The number of pyridine rings is 1. The van der Waals surface area contributed by atoms with Gasteiger partial charge in [-0.1, -0.05) is 29.3 Å². The number of hydrogen-bond donors (Lipinski definition) is 1. The lowest BCUT2D eigenvalue weighted by Crippen LogP contribution is -2.35. The van der Waals surface area contributed by atoms with Crippen LogP contribution in [-0.2, 0) is 13.0 Å². The molecule has 9 heteroatoms. The Morgan fingerprint density at radius 3 is 2.79 bits per heavy atom. The predicted octanol–water partition coefficient (Wildman–Crippen LogP) is 4.14. The zero-order valence-electron chi connectivity index (χ0n) is 16.2. The van der Waals surface area contributed by atoms with Gasteiger partial charge in [0.15, 0.2) is 5.65 Å². The van der Waals surface area contributed by atoms with E-state index < -0.39 is 0 Å². The second-order valence-corrected chi connectivity index (χ2v) is 7.75. The van der Waals surface area contributed by atoms with E-state index in [0.29, 0.717) is 53.5 Å². The Morgan fingerprint density at radius 2 is 2.07 bits per heavy atom. The molecule has 0 saturated carbocycles. The van der Waals surface area contributed by atoms with Crippen LogP contribution in [0.25, 0.3) is 11.2 Å². The lowest BCUT2D eigenvalue weighted by atomic mass is 10.1. The van der Waals surface area contributed by atoms with Gasteiger partial charge in [-0.3, -0.25) is 0 Å². The number of ether oxygens (including phenoxy) is 1. The first-order chi connectivity index (χ1) is 14.0. The summed E-state index contributed by atoms with van der Waals surface area (Å²) in [5.74, 6) is 1.40. The maximum Gasteiger partial charge on any atom is 0.320 e. The van der Waals surface area contributed by atoms with Crippen LogP contribution in [0, 0.1) is 0 Å². The first kappa shape index (κ1) is 19.8. The predicted molar refractivity (Wildman–Crippen MR) is 113 cm³/mol. The average Bonchev–Trinajstić information content (AvgIpc) is 3.23. The van der Waals surface area contributed by atoms with Gasteiger partial charge in [0.2, 0.25) is 0 Å². The smallest absolute Gasteiger partial charge is 0.320 e. The maximum atomic E-state index is 12.9. The molecule has 0 bridgehead atoms. The molecule has 1 aromatic carbocycles. The minimum Gasteiger partial charge on any atom is -0.497 e. The normalized spacial score (nSPS) is 16.8. The first-order valence-corrected chi connectivity index (χ1v) is 10.1. The largest absolute Gasteiger partial charge is 0.497 e. The third-order valence-electron chi connectivity index (χ3n) is 5.15. The van der Waals surface area contributed by atoms with Crippen LogP contribution in [0.4, 0.5) is 4.79 Å². The van der Waals surface area contributed by atoms with E-state index in [1.165, 1.54) is 0 Å². The van der Waals surface area contributed by atoms with Gasteiger partial charge in [-0.2, -0.15) is 0 Å². The van der Waals surface area contributed by atoms with Crippen molar-refractivity contribution in [1.29, 1.82) is 0 Å². The number of nitrogens with one attached hydrogen (secondary N) is 1. The number of urea groups is 1. The van der Waals surface area contributed by atoms with Gasteiger partial charge >= 0.3 is 6.03 Å². The fourth-order valence-corrected chi connectivity index (χ4v) is 4.11. The Morgan fingerprint density at radius 1 is 1.24 bits per heavy atom. The minimum atomic E-state index is -0.00594. The van der Waals surface area contributed by atoms with Gasteiger partial charge in [-0.25, -0.2) is 14.8 Å². The van der Waals surface area contributed by atoms with Crippen LogP contribution >= 0.6 is 23.2 Å². The monoisotopic (exact) mass is 433 g/mol. The second kappa shape index (κ2) is 8.08. The molecule has 0 aliphatic carbocycles. The molecule has 1 aliphatic rings. The fourth-order valence-electron chi connectivity index (χ4n) is 3.72. The third-order valence-corrected chi connectivity index (χ3v) is 5.71. The molecular formula is C20H21Cl2N5O2. The van der Waals surface area contributed by atoms with Crippen molar-refractivity contribution >= 4 is 40.4 Å². The lowest BCUT2D eigenvalue weighted by Gasteiger charge is -2.21. The summed E-state index contributed by atoms with van der Waals surface area (Å²) in [5.41, 5.74) is 2.34. The van der Waals surface area contributed by atoms with Crippen LogP contribution < -0.4 is 4.74 Å². The molecular weight excluding hydrogens is 413 g/mol. The van der Waals surface area contributed by atoms with E-state index in [2.05, 4.69) is 15.0 Å². The number of nitrogens with zero attached hydrogens (tertiary/aromatic N) is 4. The summed E-state index contributed by atoms with van der Waals surface area (Å²) in [5, 5.41) is 1.04. The van der Waals surface area contributed by atoms with E-state index in [1.807, 2.05) is 30.0 Å². The maximum absolute atomic E-state index is 12.9. The Hall–Kier alpha value is -2.51. The number of amides is 2. The lowest BCUT2D eigenvalue weighted by molar-refractivity contribution is 0.186. The molecule has 1 saturated heterocycles. The number of carbonyl (C=O) groups excluding carboxylic acids is 1. The highest BCUT2D eigenvalue weighted by Gasteiger charge is 2.36. The summed E-state index contributed by atoms with van der Waals surface area (Å²) in [6.07, 6.45) is 0.677. The van der Waals surface area contributed by atoms with Crippen molar-refractivity contribution in [3.63, 3.8) is 0 Å². The quantitative estimate of drug-likeness (QED) is 0.592. The Balaban J connectivity index is 1.51. The Kier molecular flexibility index (Phi) is 5.52. The molecule has 0 radical (unpaired) electrons. The van der Waals surface area contributed by atoms with Crippen molar-refractivity contribution in [3.8, 4) is 5.75 Å². The summed E-state index contributed by atoms with van der Waals surface area (Å²) in [4.78, 5) is 28.5. The molecule has 29 heavy (non-hydrogen) atoms. The number of halogens is 2. The number of H-pyrrole nitrogens is 1. The van der Waals surface area contributed by atoms with E-state index in [0.717, 1.165) is 11.1 Å². The summed E-state index contributed by atoms with van der Waals surface area (Å²) in [7, 11) is 1.61. The first-order valence-electron chi connectivity index (χ1n) is 9.37. The van der Waals surface area contributed by atoms with Gasteiger partial charge in [0, 0.05) is 18.1 Å². The number of rotatable bonds is 6. The van der Waals surface area contributed by atoms with Crippen molar-refractivity contribution in [3.05, 3.63) is 51.9 Å². The summed E-state index contributed by atoms with van der Waals surface area (Å²) in [6.45, 7) is 3.60. The van der Waals surface area contributed by atoms with E-state index in [1.54, 1.807) is 24.1 Å². The third kappa shape index (κ3) is 3.97. The van der Waals surface area contributed by atoms with Gasteiger partial charge in [-0.05, 0) is 43.2 Å². The molecule has 7 nitrogen and oxygen atoms in total. The van der Waals surface area contributed by atoms with E-state index in [4.69, 9.17) is 27.9 Å². The molecule has 4 rings (SSSR count). The molecule has 3 aromatic rings. The van der Waals surface area contributed by atoms with Crippen LogP contribution in [0.5, 0.6) is 5.75 Å². The number of hydrogen-bond acceptors (Lipinski definition) is 4. The van der Waals surface area contributed by atoms with E-state index in [9.17, 15) is 4.79 Å². The molecule has 0 spiro atoms. The van der Waals surface area contributed by atoms with Crippen LogP contribution in [-0.4, -0.2) is 57.0 Å². The molecule has 1 aliphatic heterocycles. The van der Waals surface area contributed by atoms with Crippen molar-refractivity contribution < 1.29 is 9.53 Å². The Labute approximate surface area is 178 Å². The summed E-state index contributed by atoms with van der Waals surface area (Å²) >= 11 is 12.3. The van der Waals surface area contributed by atoms with E-state index >= 15 is 0 Å². The number of imidazole rings is 1. The van der Waals surface area contributed by atoms with Gasteiger partial charge in [0.25, 0.3) is 0 Å². The van der Waals surface area contributed by atoms with Crippen LogP contribution in [0.1, 0.15) is 18.3 Å². The summed E-state index contributed by atoms with van der Waals surface area (Å²) < 4.78 is 5.21. The van der Waals surface area contributed by atoms with Gasteiger partial charge in [-0.15, -0.1) is 0 Å². The van der Waals surface area contributed by atoms with Crippen molar-refractivity contribution in [2.24, 2.45) is 0 Å². The fraction of sp³-hybridized carbons (Fsp3) is 0.350. The van der Waals surface area contributed by atoms with Gasteiger partial charge < -0.3 is 19.5 Å². The number of carbonyl (C=O) groups is 1. The number of aromatic nitrogens is 3.